The van der Waals surface area contributed by atoms with Gasteiger partial charge in [0.1, 0.15) is 18.1 Å². The first-order chi connectivity index (χ1) is 12.1. The van der Waals surface area contributed by atoms with Crippen molar-refractivity contribution in [2.24, 2.45) is 0 Å². The number of nitrogens with one attached hydrogen (secondary N) is 2. The van der Waals surface area contributed by atoms with Crippen LogP contribution in [0.15, 0.2) is 48.5 Å². The summed E-state index contributed by atoms with van der Waals surface area (Å²) in [6, 6.07) is 13.9. The number of methoxy groups -OCH3 is 1. The number of amides is 2. The van der Waals surface area contributed by atoms with Gasteiger partial charge in [-0.05, 0) is 24.3 Å². The molecule has 1 saturated heterocycles. The zero-order chi connectivity index (χ0) is 17.6. The van der Waals surface area contributed by atoms with E-state index in [1.807, 2.05) is 29.2 Å². The topological polar surface area (TPSA) is 46.0 Å². The van der Waals surface area contributed by atoms with Gasteiger partial charge >= 0.3 is 6.03 Å². The van der Waals surface area contributed by atoms with Gasteiger partial charge in [0.05, 0.1) is 33.3 Å². The van der Waals surface area contributed by atoms with Crippen LogP contribution in [-0.4, -0.2) is 44.2 Å². The zero-order valence-electron chi connectivity index (χ0n) is 14.3. The molecular weight excluding hydrogens is 321 g/mol. The minimum absolute atomic E-state index is 0.0990. The summed E-state index contributed by atoms with van der Waals surface area (Å²) in [5, 5.41) is 2.91. The van der Waals surface area contributed by atoms with Crippen LogP contribution in [0.2, 0.25) is 0 Å². The molecule has 3 rings (SSSR count). The third-order valence-electron chi connectivity index (χ3n) is 4.42. The number of halogens is 1. The van der Waals surface area contributed by atoms with E-state index < -0.39 is 0 Å². The van der Waals surface area contributed by atoms with E-state index in [4.69, 9.17) is 4.74 Å². The molecule has 132 valence electrons. The molecule has 0 atom stereocenters. The van der Waals surface area contributed by atoms with Crippen LogP contribution >= 0.6 is 0 Å². The van der Waals surface area contributed by atoms with Gasteiger partial charge in [-0.3, -0.25) is 0 Å². The number of nitrogens with zero attached hydrogens (tertiary/aromatic N) is 1. The quantitative estimate of drug-likeness (QED) is 0.888. The molecule has 0 unspecified atom stereocenters. The van der Waals surface area contributed by atoms with Gasteiger partial charge in [-0.2, -0.15) is 0 Å². The molecular formula is C19H23FN3O2+. The molecule has 1 aliphatic heterocycles. The van der Waals surface area contributed by atoms with Crippen LogP contribution in [0.5, 0.6) is 5.75 Å². The van der Waals surface area contributed by atoms with Gasteiger partial charge in [0.2, 0.25) is 0 Å². The third kappa shape index (κ3) is 4.70. The minimum Gasteiger partial charge on any atom is -0.497 e. The lowest BCUT2D eigenvalue weighted by molar-refractivity contribution is -0.917. The molecule has 0 aromatic heterocycles. The Hall–Kier alpha value is -2.60. The number of urea groups is 1. The lowest BCUT2D eigenvalue weighted by atomic mass is 10.2. The van der Waals surface area contributed by atoms with E-state index in [1.54, 1.807) is 25.3 Å². The van der Waals surface area contributed by atoms with E-state index >= 15 is 0 Å². The largest absolute Gasteiger partial charge is 0.497 e. The Morgan fingerprint density at radius 2 is 1.96 bits per heavy atom. The van der Waals surface area contributed by atoms with E-state index in [1.165, 1.54) is 11.0 Å². The highest BCUT2D eigenvalue weighted by Crippen LogP contribution is 2.17. The van der Waals surface area contributed by atoms with Crippen LogP contribution in [0.1, 0.15) is 5.56 Å². The summed E-state index contributed by atoms with van der Waals surface area (Å²) in [4.78, 5) is 15.6. The monoisotopic (exact) mass is 344 g/mol. The summed E-state index contributed by atoms with van der Waals surface area (Å²) in [5.74, 6) is 0.510. The Morgan fingerprint density at radius 3 is 2.68 bits per heavy atom. The van der Waals surface area contributed by atoms with Gasteiger partial charge in [0.15, 0.2) is 0 Å². The van der Waals surface area contributed by atoms with Crippen LogP contribution in [0, 0.1) is 5.82 Å². The molecule has 5 nitrogen and oxygen atoms in total. The fraction of sp³-hybridized carbons (Fsp3) is 0.316. The third-order valence-corrected chi connectivity index (χ3v) is 4.42. The predicted molar refractivity (Wildman–Crippen MR) is 94.4 cm³/mol. The summed E-state index contributed by atoms with van der Waals surface area (Å²) < 4.78 is 18.4. The summed E-state index contributed by atoms with van der Waals surface area (Å²) in [7, 11) is 1.60. The number of carbonyl (C=O) groups is 1. The number of piperazine rings is 1. The van der Waals surface area contributed by atoms with Gasteiger partial charge in [-0.1, -0.05) is 18.2 Å². The van der Waals surface area contributed by atoms with Crippen LogP contribution in [0.4, 0.5) is 14.9 Å². The highest BCUT2D eigenvalue weighted by molar-refractivity contribution is 5.89. The van der Waals surface area contributed by atoms with E-state index in [-0.39, 0.29) is 11.8 Å². The lowest BCUT2D eigenvalue weighted by Gasteiger charge is -2.32. The van der Waals surface area contributed by atoms with E-state index in [9.17, 15) is 9.18 Å². The van der Waals surface area contributed by atoms with Gasteiger partial charge < -0.3 is 19.9 Å². The number of benzene rings is 2. The summed E-state index contributed by atoms with van der Waals surface area (Å²) in [6.07, 6.45) is 0. The number of ether oxygens (including phenoxy) is 1. The van der Waals surface area contributed by atoms with Crippen LogP contribution < -0.4 is 15.0 Å². The second-order valence-electron chi connectivity index (χ2n) is 6.21. The molecule has 1 heterocycles. The van der Waals surface area contributed by atoms with Crippen molar-refractivity contribution >= 4 is 11.7 Å². The first kappa shape index (κ1) is 17.2. The van der Waals surface area contributed by atoms with Crippen molar-refractivity contribution in [2.45, 2.75) is 6.54 Å². The molecule has 0 bridgehead atoms. The van der Waals surface area contributed by atoms with Gasteiger partial charge in [-0.15, -0.1) is 0 Å². The standard InChI is InChI=1S/C19H22FN3O2/c1-25-18-7-3-6-17(13-18)21-19(24)23-10-8-22(9-11-23)14-15-4-2-5-16(20)12-15/h2-7,12-13H,8-11,14H2,1H3,(H,21,24)/p+1. The van der Waals surface area contributed by atoms with Crippen molar-refractivity contribution < 1.29 is 18.8 Å². The lowest BCUT2D eigenvalue weighted by Crippen LogP contribution is -3.13. The van der Waals surface area contributed by atoms with E-state index in [0.717, 1.165) is 30.9 Å². The first-order valence-corrected chi connectivity index (χ1v) is 8.42. The summed E-state index contributed by atoms with van der Waals surface area (Å²) in [5.41, 5.74) is 1.71. The molecule has 6 heteroatoms. The average molecular weight is 344 g/mol. The molecule has 25 heavy (non-hydrogen) atoms. The summed E-state index contributed by atoms with van der Waals surface area (Å²) in [6.45, 7) is 3.84. The molecule has 1 aliphatic rings. The molecule has 1 fully saturated rings. The average Bonchev–Trinajstić information content (AvgIpc) is 2.62. The van der Waals surface area contributed by atoms with Crippen LogP contribution in [0.3, 0.4) is 0 Å². The molecule has 2 N–H and O–H groups in total. The molecule has 0 radical (unpaired) electrons. The molecule has 0 aliphatic carbocycles. The number of quaternary nitrogens is 1. The number of rotatable bonds is 4. The second kappa shape index (κ2) is 7.98. The number of anilines is 1. The summed E-state index contributed by atoms with van der Waals surface area (Å²) >= 11 is 0. The highest BCUT2D eigenvalue weighted by atomic mass is 19.1. The van der Waals surface area contributed by atoms with Gasteiger partial charge in [0.25, 0.3) is 0 Å². The van der Waals surface area contributed by atoms with Crippen LogP contribution in [-0.2, 0) is 6.54 Å². The van der Waals surface area contributed by atoms with Crippen molar-refractivity contribution in [3.63, 3.8) is 0 Å². The molecule has 0 spiro atoms. The fourth-order valence-corrected chi connectivity index (χ4v) is 3.04. The Labute approximate surface area is 147 Å². The maximum Gasteiger partial charge on any atom is 0.322 e. The number of hydrogen-bond donors (Lipinski definition) is 2. The normalized spacial score (nSPS) is 15.0. The number of carbonyl (C=O) groups excluding carboxylic acids is 1. The van der Waals surface area contributed by atoms with Crippen molar-refractivity contribution in [1.82, 2.24) is 4.90 Å². The second-order valence-corrected chi connectivity index (χ2v) is 6.21. The molecule has 2 amide bonds. The first-order valence-electron chi connectivity index (χ1n) is 8.42. The SMILES string of the molecule is COc1cccc(NC(=O)N2CC[NH+](Cc3cccc(F)c3)CC2)c1. The fourth-order valence-electron chi connectivity index (χ4n) is 3.04. The predicted octanol–water partition coefficient (Wildman–Crippen LogP) is 1.77. The smallest absolute Gasteiger partial charge is 0.322 e. The van der Waals surface area contributed by atoms with Crippen LogP contribution in [0.25, 0.3) is 0 Å². The zero-order valence-corrected chi connectivity index (χ0v) is 14.3. The Bertz CT molecular complexity index is 730. The molecule has 2 aromatic rings. The highest BCUT2D eigenvalue weighted by Gasteiger charge is 2.23. The van der Waals surface area contributed by atoms with Crippen molar-refractivity contribution in [3.8, 4) is 5.75 Å². The molecule has 0 saturated carbocycles. The number of hydrogen-bond acceptors (Lipinski definition) is 2. The maximum absolute atomic E-state index is 13.3. The van der Waals surface area contributed by atoms with Gasteiger partial charge in [0, 0.05) is 17.3 Å². The maximum atomic E-state index is 13.3. The van der Waals surface area contributed by atoms with E-state index in [2.05, 4.69) is 5.32 Å². The van der Waals surface area contributed by atoms with Crippen molar-refractivity contribution in [2.75, 3.05) is 38.6 Å². The Morgan fingerprint density at radius 1 is 1.20 bits per heavy atom. The van der Waals surface area contributed by atoms with Crippen molar-refractivity contribution in [3.05, 3.63) is 59.9 Å². The van der Waals surface area contributed by atoms with Gasteiger partial charge in [-0.25, -0.2) is 9.18 Å². The van der Waals surface area contributed by atoms with E-state index in [0.29, 0.717) is 18.8 Å². The Kier molecular flexibility index (Phi) is 5.50. The Balaban J connectivity index is 1.50. The molecule has 2 aromatic carbocycles. The van der Waals surface area contributed by atoms with Crippen molar-refractivity contribution in [1.29, 1.82) is 0 Å². The minimum atomic E-state index is -0.201.